The van der Waals surface area contributed by atoms with E-state index in [2.05, 4.69) is 26.4 Å². The number of carbonyl (C=O) groups excluding carboxylic acids is 1. The van der Waals surface area contributed by atoms with E-state index in [-0.39, 0.29) is 10.7 Å². The lowest BCUT2D eigenvalue weighted by Crippen LogP contribution is -2.14. The maximum absolute atomic E-state index is 11.9. The molecule has 0 radical (unpaired) electrons. The number of aromatic nitrogens is 1. The van der Waals surface area contributed by atoms with Crippen LogP contribution in [0.25, 0.3) is 0 Å². The first-order valence-corrected chi connectivity index (χ1v) is 7.68. The van der Waals surface area contributed by atoms with Crippen molar-refractivity contribution in [1.29, 1.82) is 0 Å². The SMILES string of the molecule is Cc1cc(C(=O)Nc2ccc(S(N)(=O)=O)cc2Br)on1. The van der Waals surface area contributed by atoms with Gasteiger partial charge in [-0.2, -0.15) is 0 Å². The van der Waals surface area contributed by atoms with Crippen LogP contribution >= 0.6 is 15.9 Å². The van der Waals surface area contributed by atoms with E-state index in [0.29, 0.717) is 15.9 Å². The van der Waals surface area contributed by atoms with Gasteiger partial charge in [0.05, 0.1) is 16.3 Å². The standard InChI is InChI=1S/C11H10BrN3O4S/c1-6-4-10(19-15-6)11(16)14-9-3-2-7(5-8(9)12)20(13,17)18/h2-5H,1H3,(H,14,16)(H2,13,17,18). The van der Waals surface area contributed by atoms with Crippen LogP contribution in [0.3, 0.4) is 0 Å². The molecule has 7 nitrogen and oxygen atoms in total. The first-order chi connectivity index (χ1) is 9.27. The number of halogens is 1. The van der Waals surface area contributed by atoms with Crippen LogP contribution in [0, 0.1) is 6.92 Å². The largest absolute Gasteiger partial charge is 0.351 e. The van der Waals surface area contributed by atoms with Gasteiger partial charge in [-0.05, 0) is 41.1 Å². The van der Waals surface area contributed by atoms with Crippen molar-refractivity contribution in [2.24, 2.45) is 5.14 Å². The molecular formula is C11H10BrN3O4S. The van der Waals surface area contributed by atoms with Crippen molar-refractivity contribution in [3.63, 3.8) is 0 Å². The predicted octanol–water partition coefficient (Wildman–Crippen LogP) is 1.65. The fourth-order valence-corrected chi connectivity index (χ4v) is 2.60. The number of sulfonamides is 1. The number of hydrogen-bond donors (Lipinski definition) is 2. The summed E-state index contributed by atoms with van der Waals surface area (Å²) in [5.74, 6) is -0.431. The molecule has 1 amide bonds. The van der Waals surface area contributed by atoms with Crippen LogP contribution in [0.15, 0.2) is 38.2 Å². The molecule has 1 aromatic carbocycles. The molecular weight excluding hydrogens is 350 g/mol. The van der Waals surface area contributed by atoms with Gasteiger partial charge in [0.15, 0.2) is 0 Å². The summed E-state index contributed by atoms with van der Waals surface area (Å²) in [6.45, 7) is 1.69. The first-order valence-electron chi connectivity index (χ1n) is 5.34. The average molecular weight is 360 g/mol. The lowest BCUT2D eigenvalue weighted by atomic mass is 10.3. The fraction of sp³-hybridized carbons (Fsp3) is 0.0909. The highest BCUT2D eigenvalue weighted by Gasteiger charge is 2.15. The minimum atomic E-state index is -3.79. The van der Waals surface area contributed by atoms with E-state index in [1.807, 2.05) is 0 Å². The van der Waals surface area contributed by atoms with E-state index in [1.54, 1.807) is 6.92 Å². The number of carbonyl (C=O) groups is 1. The molecule has 3 N–H and O–H groups in total. The summed E-state index contributed by atoms with van der Waals surface area (Å²) in [4.78, 5) is 11.8. The Bertz CT molecular complexity index is 770. The zero-order valence-electron chi connectivity index (χ0n) is 10.3. The fourth-order valence-electron chi connectivity index (χ4n) is 1.43. The van der Waals surface area contributed by atoms with Gasteiger partial charge in [0.25, 0.3) is 5.91 Å². The molecule has 0 aliphatic rings. The Morgan fingerprint density at radius 3 is 2.60 bits per heavy atom. The Morgan fingerprint density at radius 2 is 2.10 bits per heavy atom. The van der Waals surface area contributed by atoms with Crippen LogP contribution in [-0.2, 0) is 10.0 Å². The van der Waals surface area contributed by atoms with Crippen molar-refractivity contribution in [3.05, 3.63) is 40.2 Å². The van der Waals surface area contributed by atoms with Gasteiger partial charge in [-0.3, -0.25) is 4.79 Å². The number of amides is 1. The Kier molecular flexibility index (Phi) is 3.93. The minimum Gasteiger partial charge on any atom is -0.351 e. The zero-order valence-corrected chi connectivity index (χ0v) is 12.7. The van der Waals surface area contributed by atoms with E-state index in [1.165, 1.54) is 24.3 Å². The second-order valence-electron chi connectivity index (χ2n) is 3.97. The van der Waals surface area contributed by atoms with Crippen molar-refractivity contribution >= 4 is 37.5 Å². The second kappa shape index (κ2) is 5.35. The molecule has 2 rings (SSSR count). The molecule has 0 spiro atoms. The number of nitrogens with two attached hydrogens (primary N) is 1. The van der Waals surface area contributed by atoms with E-state index in [9.17, 15) is 13.2 Å². The Balaban J connectivity index is 2.25. The molecule has 9 heteroatoms. The second-order valence-corrected chi connectivity index (χ2v) is 6.39. The van der Waals surface area contributed by atoms with Crippen molar-refractivity contribution in [3.8, 4) is 0 Å². The van der Waals surface area contributed by atoms with Crippen LogP contribution in [0.4, 0.5) is 5.69 Å². The van der Waals surface area contributed by atoms with Gasteiger partial charge in [-0.15, -0.1) is 0 Å². The number of primary sulfonamides is 1. The molecule has 0 atom stereocenters. The highest BCUT2D eigenvalue weighted by atomic mass is 79.9. The van der Waals surface area contributed by atoms with Crippen molar-refractivity contribution in [2.75, 3.05) is 5.32 Å². The number of rotatable bonds is 3. The first kappa shape index (κ1) is 14.7. The highest BCUT2D eigenvalue weighted by Crippen LogP contribution is 2.25. The summed E-state index contributed by atoms with van der Waals surface area (Å²) in [6, 6.07) is 5.50. The minimum absolute atomic E-state index is 0.0575. The predicted molar refractivity (Wildman–Crippen MR) is 74.7 cm³/mol. The summed E-state index contributed by atoms with van der Waals surface area (Å²) in [5, 5.41) is 11.2. The molecule has 106 valence electrons. The summed E-state index contributed by atoms with van der Waals surface area (Å²) in [7, 11) is -3.79. The normalized spacial score (nSPS) is 11.3. The molecule has 0 bridgehead atoms. The van der Waals surface area contributed by atoms with Gasteiger partial charge in [-0.25, -0.2) is 13.6 Å². The maximum Gasteiger partial charge on any atom is 0.294 e. The molecule has 0 aliphatic heterocycles. The van der Waals surface area contributed by atoms with Gasteiger partial charge in [-0.1, -0.05) is 5.16 Å². The number of nitrogens with one attached hydrogen (secondary N) is 1. The summed E-state index contributed by atoms with van der Waals surface area (Å²) < 4.78 is 27.6. The molecule has 0 unspecified atom stereocenters. The number of aryl methyl sites for hydroxylation is 1. The highest BCUT2D eigenvalue weighted by molar-refractivity contribution is 9.10. The topological polar surface area (TPSA) is 115 Å². The summed E-state index contributed by atoms with van der Waals surface area (Å²) in [5.41, 5.74) is 0.968. The van der Waals surface area contributed by atoms with Crippen molar-refractivity contribution < 1.29 is 17.7 Å². The third kappa shape index (κ3) is 3.24. The molecule has 0 saturated carbocycles. The van der Waals surface area contributed by atoms with Crippen molar-refractivity contribution in [1.82, 2.24) is 5.16 Å². The Morgan fingerprint density at radius 1 is 1.40 bits per heavy atom. The molecule has 1 aromatic heterocycles. The molecule has 2 aromatic rings. The molecule has 1 heterocycles. The van der Waals surface area contributed by atoms with Crippen molar-refractivity contribution in [2.45, 2.75) is 11.8 Å². The van der Waals surface area contributed by atoms with Crippen LogP contribution in [-0.4, -0.2) is 19.5 Å². The lowest BCUT2D eigenvalue weighted by molar-refractivity contribution is 0.0988. The molecule has 20 heavy (non-hydrogen) atoms. The van der Waals surface area contributed by atoms with E-state index in [0.717, 1.165) is 0 Å². The summed E-state index contributed by atoms with van der Waals surface area (Å²) >= 11 is 3.16. The number of nitrogens with zero attached hydrogens (tertiary/aromatic N) is 1. The molecule has 0 fully saturated rings. The lowest BCUT2D eigenvalue weighted by Gasteiger charge is -2.07. The van der Waals surface area contributed by atoms with Crippen LogP contribution in [0.1, 0.15) is 16.2 Å². The van der Waals surface area contributed by atoms with Gasteiger partial charge in [0, 0.05) is 10.5 Å². The number of hydrogen-bond acceptors (Lipinski definition) is 5. The third-order valence-electron chi connectivity index (χ3n) is 2.37. The molecule has 0 saturated heterocycles. The maximum atomic E-state index is 11.9. The van der Waals surface area contributed by atoms with Crippen LogP contribution in [0.5, 0.6) is 0 Å². The third-order valence-corrected chi connectivity index (χ3v) is 3.94. The Labute approximate surface area is 123 Å². The monoisotopic (exact) mass is 359 g/mol. The quantitative estimate of drug-likeness (QED) is 0.864. The number of benzene rings is 1. The van der Waals surface area contributed by atoms with Gasteiger partial charge < -0.3 is 9.84 Å². The number of anilines is 1. The van der Waals surface area contributed by atoms with E-state index >= 15 is 0 Å². The van der Waals surface area contributed by atoms with E-state index in [4.69, 9.17) is 9.66 Å². The van der Waals surface area contributed by atoms with Gasteiger partial charge in [0.2, 0.25) is 15.8 Å². The summed E-state index contributed by atoms with van der Waals surface area (Å²) in [6.07, 6.45) is 0. The van der Waals surface area contributed by atoms with Gasteiger partial charge >= 0.3 is 0 Å². The van der Waals surface area contributed by atoms with Crippen LogP contribution < -0.4 is 10.5 Å². The van der Waals surface area contributed by atoms with Crippen LogP contribution in [0.2, 0.25) is 0 Å². The average Bonchev–Trinajstić information content (AvgIpc) is 2.77. The smallest absolute Gasteiger partial charge is 0.294 e. The van der Waals surface area contributed by atoms with E-state index < -0.39 is 15.9 Å². The van der Waals surface area contributed by atoms with Gasteiger partial charge in [0.1, 0.15) is 0 Å². The Hall–Kier alpha value is -1.71. The zero-order chi connectivity index (χ0) is 14.9. The molecule has 0 aliphatic carbocycles.